The van der Waals surface area contributed by atoms with Crippen LogP contribution in [-0.2, 0) is 6.42 Å². The van der Waals surface area contributed by atoms with Crippen LogP contribution in [0.15, 0.2) is 12.4 Å². The normalized spacial score (nSPS) is 12.9. The monoisotopic (exact) mass is 283 g/mol. The number of fused-ring (bicyclic) bond motifs is 1. The van der Waals surface area contributed by atoms with Crippen LogP contribution in [-0.4, -0.2) is 28.9 Å². The van der Waals surface area contributed by atoms with Crippen molar-refractivity contribution >= 4 is 39.0 Å². The lowest BCUT2D eigenvalue weighted by Gasteiger charge is -2.19. The third-order valence-electron chi connectivity index (χ3n) is 2.93. The Labute approximate surface area is 117 Å². The zero-order valence-electron chi connectivity index (χ0n) is 11.0. The summed E-state index contributed by atoms with van der Waals surface area (Å²) in [7, 11) is 2.06. The maximum absolute atomic E-state index is 6.00. The molecular formula is C13H18ClN3S. The second-order valence-electron chi connectivity index (χ2n) is 4.47. The Kier molecular flexibility index (Phi) is 4.40. The molecule has 18 heavy (non-hydrogen) atoms. The summed E-state index contributed by atoms with van der Waals surface area (Å²) < 4.78 is 0. The van der Waals surface area contributed by atoms with E-state index in [9.17, 15) is 0 Å². The molecule has 3 nitrogen and oxygen atoms in total. The highest BCUT2D eigenvalue weighted by Crippen LogP contribution is 2.30. The number of aromatic nitrogens is 2. The van der Waals surface area contributed by atoms with Crippen LogP contribution in [0.1, 0.15) is 25.1 Å². The van der Waals surface area contributed by atoms with Crippen molar-refractivity contribution in [3.05, 3.63) is 17.3 Å². The van der Waals surface area contributed by atoms with Gasteiger partial charge in [0.15, 0.2) is 0 Å². The molecule has 0 aliphatic heterocycles. The van der Waals surface area contributed by atoms with Crippen molar-refractivity contribution < 1.29 is 0 Å². The molecule has 0 saturated carbocycles. The van der Waals surface area contributed by atoms with E-state index < -0.39 is 0 Å². The molecule has 1 unspecified atom stereocenters. The highest BCUT2D eigenvalue weighted by Gasteiger charge is 2.12. The van der Waals surface area contributed by atoms with E-state index in [-0.39, 0.29) is 5.38 Å². The van der Waals surface area contributed by atoms with Gasteiger partial charge in [0.2, 0.25) is 0 Å². The maximum atomic E-state index is 6.00. The number of hydrogen-bond acceptors (Lipinski definition) is 4. The predicted molar refractivity (Wildman–Crippen MR) is 80.0 cm³/mol. The van der Waals surface area contributed by atoms with Gasteiger partial charge < -0.3 is 4.90 Å². The Morgan fingerprint density at radius 3 is 2.89 bits per heavy atom. The molecule has 0 N–H and O–H groups in total. The fourth-order valence-corrected chi connectivity index (χ4v) is 2.88. The maximum Gasteiger partial charge on any atom is 0.140 e. The lowest BCUT2D eigenvalue weighted by atomic mass is 10.2. The average Bonchev–Trinajstić information content (AvgIpc) is 2.78. The lowest BCUT2D eigenvalue weighted by molar-refractivity contribution is 0.767. The summed E-state index contributed by atoms with van der Waals surface area (Å²) >= 11 is 7.75. The topological polar surface area (TPSA) is 29.0 Å². The second kappa shape index (κ2) is 5.85. The van der Waals surface area contributed by atoms with Gasteiger partial charge in [-0.25, -0.2) is 9.97 Å². The van der Waals surface area contributed by atoms with Crippen LogP contribution < -0.4 is 4.90 Å². The molecule has 2 rings (SSSR count). The van der Waals surface area contributed by atoms with Gasteiger partial charge in [0.1, 0.15) is 17.0 Å². The van der Waals surface area contributed by atoms with E-state index in [1.807, 2.05) is 6.92 Å². The van der Waals surface area contributed by atoms with E-state index in [1.54, 1.807) is 17.7 Å². The van der Waals surface area contributed by atoms with Gasteiger partial charge >= 0.3 is 0 Å². The number of rotatable bonds is 5. The fraction of sp³-hybridized carbons (Fsp3) is 0.538. The highest BCUT2D eigenvalue weighted by atomic mass is 35.5. The van der Waals surface area contributed by atoms with Crippen LogP contribution in [0.2, 0.25) is 0 Å². The van der Waals surface area contributed by atoms with Crippen LogP contribution in [0, 0.1) is 0 Å². The van der Waals surface area contributed by atoms with Crippen molar-refractivity contribution in [2.24, 2.45) is 0 Å². The van der Waals surface area contributed by atoms with Crippen molar-refractivity contribution in [1.82, 2.24) is 9.97 Å². The molecule has 2 aromatic rings. The van der Waals surface area contributed by atoms with E-state index in [1.165, 1.54) is 4.88 Å². The van der Waals surface area contributed by atoms with Crippen LogP contribution in [0.4, 0.5) is 5.82 Å². The van der Waals surface area contributed by atoms with Gasteiger partial charge in [0.25, 0.3) is 0 Å². The molecule has 0 spiro atoms. The molecule has 1 atom stereocenters. The first-order valence-electron chi connectivity index (χ1n) is 6.20. The number of nitrogens with zero attached hydrogens (tertiary/aromatic N) is 3. The molecule has 0 aromatic carbocycles. The third kappa shape index (κ3) is 2.93. The fourth-order valence-electron chi connectivity index (χ4n) is 1.85. The van der Waals surface area contributed by atoms with Crippen molar-refractivity contribution in [1.29, 1.82) is 0 Å². The summed E-state index contributed by atoms with van der Waals surface area (Å²) in [6.45, 7) is 5.09. The average molecular weight is 284 g/mol. The number of halogens is 1. The number of alkyl halides is 1. The van der Waals surface area contributed by atoms with Gasteiger partial charge in [-0.15, -0.1) is 22.9 Å². The molecular weight excluding hydrogens is 266 g/mol. The van der Waals surface area contributed by atoms with Crippen LogP contribution >= 0.6 is 22.9 Å². The Balaban J connectivity index is 2.29. The quantitative estimate of drug-likeness (QED) is 0.784. The first-order chi connectivity index (χ1) is 8.61. The van der Waals surface area contributed by atoms with Crippen molar-refractivity contribution in [3.63, 3.8) is 0 Å². The molecule has 0 bridgehead atoms. The summed E-state index contributed by atoms with van der Waals surface area (Å²) in [4.78, 5) is 13.3. The van der Waals surface area contributed by atoms with Crippen molar-refractivity contribution in [3.8, 4) is 0 Å². The minimum atomic E-state index is 0.193. The van der Waals surface area contributed by atoms with E-state index >= 15 is 0 Å². The summed E-state index contributed by atoms with van der Waals surface area (Å²) in [5.74, 6) is 1.01. The Bertz CT molecular complexity index is 524. The van der Waals surface area contributed by atoms with Gasteiger partial charge in [0.05, 0.1) is 5.39 Å². The summed E-state index contributed by atoms with van der Waals surface area (Å²) in [6, 6.07) is 2.20. The molecule has 0 aliphatic rings. The summed E-state index contributed by atoms with van der Waals surface area (Å²) in [5.41, 5.74) is 0. The zero-order valence-corrected chi connectivity index (χ0v) is 12.6. The van der Waals surface area contributed by atoms with Gasteiger partial charge in [-0.2, -0.15) is 0 Å². The van der Waals surface area contributed by atoms with Gasteiger partial charge in [-0.1, -0.05) is 6.92 Å². The minimum Gasteiger partial charge on any atom is -0.359 e. The number of thiophene rings is 1. The molecule has 2 heterocycles. The number of anilines is 1. The SMILES string of the molecule is CCc1cc2c(N(C)CCC(C)Cl)ncnc2s1. The first-order valence-corrected chi connectivity index (χ1v) is 7.45. The van der Waals surface area contributed by atoms with Gasteiger partial charge in [-0.3, -0.25) is 0 Å². The summed E-state index contributed by atoms with van der Waals surface area (Å²) in [5, 5.41) is 1.35. The molecule has 0 amide bonds. The smallest absolute Gasteiger partial charge is 0.140 e. The Morgan fingerprint density at radius 2 is 2.22 bits per heavy atom. The molecule has 0 saturated heterocycles. The molecule has 0 radical (unpaired) electrons. The minimum absolute atomic E-state index is 0.193. The van der Waals surface area contributed by atoms with E-state index in [0.29, 0.717) is 0 Å². The second-order valence-corrected chi connectivity index (χ2v) is 6.33. The van der Waals surface area contributed by atoms with Crippen molar-refractivity contribution in [2.45, 2.75) is 32.1 Å². The van der Waals surface area contributed by atoms with Crippen molar-refractivity contribution in [2.75, 3.05) is 18.5 Å². The van der Waals surface area contributed by atoms with Gasteiger partial charge in [-0.05, 0) is 25.8 Å². The molecule has 5 heteroatoms. The predicted octanol–water partition coefficient (Wildman–Crippen LogP) is 3.71. The molecule has 2 aromatic heterocycles. The largest absolute Gasteiger partial charge is 0.359 e. The third-order valence-corrected chi connectivity index (χ3v) is 4.34. The number of aryl methyl sites for hydroxylation is 1. The van der Waals surface area contributed by atoms with Crippen LogP contribution in [0.25, 0.3) is 10.2 Å². The summed E-state index contributed by atoms with van der Waals surface area (Å²) in [6.07, 6.45) is 3.64. The highest BCUT2D eigenvalue weighted by molar-refractivity contribution is 7.18. The molecule has 0 fully saturated rings. The van der Waals surface area contributed by atoms with Crippen LogP contribution in [0.3, 0.4) is 0 Å². The van der Waals surface area contributed by atoms with Gasteiger partial charge in [0, 0.05) is 23.8 Å². The standard InChI is InChI=1S/C13H18ClN3S/c1-4-10-7-11-12(15-8-16-13(11)18-10)17(3)6-5-9(2)14/h7-9H,4-6H2,1-3H3. The first kappa shape index (κ1) is 13.6. The lowest BCUT2D eigenvalue weighted by Crippen LogP contribution is -2.21. The zero-order chi connectivity index (χ0) is 13.1. The van der Waals surface area contributed by atoms with E-state index in [0.717, 1.165) is 35.4 Å². The van der Waals surface area contributed by atoms with E-state index in [2.05, 4.69) is 34.9 Å². The Morgan fingerprint density at radius 1 is 1.44 bits per heavy atom. The number of hydrogen-bond donors (Lipinski definition) is 0. The molecule has 98 valence electrons. The molecule has 0 aliphatic carbocycles. The Hall–Kier alpha value is -0.870. The van der Waals surface area contributed by atoms with Crippen LogP contribution in [0.5, 0.6) is 0 Å². The van der Waals surface area contributed by atoms with E-state index in [4.69, 9.17) is 11.6 Å².